The Labute approximate surface area is 187 Å². The fourth-order valence-corrected chi connectivity index (χ4v) is 5.16. The van der Waals surface area contributed by atoms with Gasteiger partial charge in [-0.3, -0.25) is 4.79 Å². The van der Waals surface area contributed by atoms with Crippen molar-refractivity contribution in [1.29, 1.82) is 0 Å². The number of piperazine rings is 1. The van der Waals surface area contributed by atoms with E-state index in [4.69, 9.17) is 9.47 Å². The standard InChI is InChI=1S/C23H25N3O5S/c1-30-21-10-9-20(17-22(21)31-2)32(28,29)26-15-13-25(14-16-26)23(27)18-5-7-19(8-6-18)24-11-3-4-12-24/h3-12,17H,13-16H2,1-2H3. The average Bonchev–Trinajstić information content (AvgIpc) is 3.38. The average molecular weight is 456 g/mol. The molecule has 32 heavy (non-hydrogen) atoms. The van der Waals surface area contributed by atoms with E-state index in [0.717, 1.165) is 5.69 Å². The molecule has 0 bridgehead atoms. The number of benzene rings is 2. The van der Waals surface area contributed by atoms with E-state index in [1.54, 1.807) is 23.1 Å². The first-order valence-corrected chi connectivity index (χ1v) is 11.6. The van der Waals surface area contributed by atoms with E-state index < -0.39 is 10.0 Å². The molecule has 1 aliphatic heterocycles. The van der Waals surface area contributed by atoms with Gasteiger partial charge in [0, 0.05) is 55.9 Å². The summed E-state index contributed by atoms with van der Waals surface area (Å²) in [6, 6.07) is 15.8. The number of hydrogen-bond acceptors (Lipinski definition) is 5. The SMILES string of the molecule is COc1ccc(S(=O)(=O)N2CCN(C(=O)c3ccc(-n4cccc4)cc3)CC2)cc1OC. The summed E-state index contributed by atoms with van der Waals surface area (Å²) in [4.78, 5) is 14.7. The van der Waals surface area contributed by atoms with Crippen LogP contribution in [0.4, 0.5) is 0 Å². The van der Waals surface area contributed by atoms with E-state index in [2.05, 4.69) is 0 Å². The van der Waals surface area contributed by atoms with Crippen molar-refractivity contribution in [3.63, 3.8) is 0 Å². The van der Waals surface area contributed by atoms with Crippen molar-refractivity contribution in [3.8, 4) is 17.2 Å². The Morgan fingerprint density at radius 1 is 0.844 bits per heavy atom. The zero-order chi connectivity index (χ0) is 22.7. The molecule has 0 radical (unpaired) electrons. The number of hydrogen-bond donors (Lipinski definition) is 0. The maximum atomic E-state index is 13.1. The third-order valence-electron chi connectivity index (χ3n) is 5.54. The molecule has 2 aromatic carbocycles. The number of nitrogens with zero attached hydrogens (tertiary/aromatic N) is 3. The molecular weight excluding hydrogens is 430 g/mol. The van der Waals surface area contributed by atoms with Gasteiger partial charge < -0.3 is 18.9 Å². The van der Waals surface area contributed by atoms with Crippen molar-refractivity contribution in [2.75, 3.05) is 40.4 Å². The second-order valence-corrected chi connectivity index (χ2v) is 9.29. The lowest BCUT2D eigenvalue weighted by molar-refractivity contribution is 0.0698. The first-order valence-electron chi connectivity index (χ1n) is 10.2. The van der Waals surface area contributed by atoms with Crippen LogP contribution in [0.15, 0.2) is 71.9 Å². The minimum Gasteiger partial charge on any atom is -0.493 e. The first-order chi connectivity index (χ1) is 15.4. The van der Waals surface area contributed by atoms with Crippen LogP contribution in [0.2, 0.25) is 0 Å². The van der Waals surface area contributed by atoms with Gasteiger partial charge in [0.1, 0.15) is 0 Å². The number of carbonyl (C=O) groups excluding carboxylic acids is 1. The Hall–Kier alpha value is -3.30. The Morgan fingerprint density at radius 3 is 2.06 bits per heavy atom. The second-order valence-electron chi connectivity index (χ2n) is 7.35. The highest BCUT2D eigenvalue weighted by atomic mass is 32.2. The summed E-state index contributed by atoms with van der Waals surface area (Å²) >= 11 is 0. The molecule has 0 saturated carbocycles. The van der Waals surface area contributed by atoms with E-state index in [0.29, 0.717) is 30.2 Å². The zero-order valence-corrected chi connectivity index (χ0v) is 18.8. The van der Waals surface area contributed by atoms with Gasteiger partial charge in [-0.15, -0.1) is 0 Å². The largest absolute Gasteiger partial charge is 0.493 e. The Kier molecular flexibility index (Phi) is 6.20. The van der Waals surface area contributed by atoms with Crippen molar-refractivity contribution in [1.82, 2.24) is 13.8 Å². The number of aromatic nitrogens is 1. The maximum absolute atomic E-state index is 13.1. The van der Waals surface area contributed by atoms with Crippen molar-refractivity contribution in [2.45, 2.75) is 4.90 Å². The summed E-state index contributed by atoms with van der Waals surface area (Å²) in [5.41, 5.74) is 1.55. The highest BCUT2D eigenvalue weighted by Gasteiger charge is 2.31. The first kappa shape index (κ1) is 21.9. The van der Waals surface area contributed by atoms with Crippen molar-refractivity contribution in [2.24, 2.45) is 0 Å². The molecule has 1 fully saturated rings. The van der Waals surface area contributed by atoms with E-state index >= 15 is 0 Å². The van der Waals surface area contributed by atoms with Gasteiger partial charge >= 0.3 is 0 Å². The Morgan fingerprint density at radius 2 is 1.47 bits per heavy atom. The summed E-state index contributed by atoms with van der Waals surface area (Å²) in [6.45, 7) is 1.10. The maximum Gasteiger partial charge on any atom is 0.253 e. The summed E-state index contributed by atoms with van der Waals surface area (Å²) < 4.78 is 39.9. The minimum absolute atomic E-state index is 0.104. The highest BCUT2D eigenvalue weighted by Crippen LogP contribution is 2.31. The zero-order valence-electron chi connectivity index (χ0n) is 18.0. The number of sulfonamides is 1. The van der Waals surface area contributed by atoms with Crippen LogP contribution in [0.1, 0.15) is 10.4 Å². The molecule has 2 heterocycles. The summed E-state index contributed by atoms with van der Waals surface area (Å²) in [5.74, 6) is 0.711. The minimum atomic E-state index is -3.71. The molecule has 1 aromatic heterocycles. The Balaban J connectivity index is 1.43. The third-order valence-corrected chi connectivity index (χ3v) is 7.43. The molecule has 1 saturated heterocycles. The predicted octanol–water partition coefficient (Wildman–Crippen LogP) is 2.64. The number of carbonyl (C=O) groups is 1. The number of ether oxygens (including phenoxy) is 2. The molecule has 168 valence electrons. The van der Waals surface area contributed by atoms with Gasteiger partial charge in [-0.05, 0) is 48.5 Å². The van der Waals surface area contributed by atoms with E-state index in [1.165, 1.54) is 30.7 Å². The molecule has 0 N–H and O–H groups in total. The molecule has 1 amide bonds. The van der Waals surface area contributed by atoms with Gasteiger partial charge in [-0.25, -0.2) is 8.42 Å². The van der Waals surface area contributed by atoms with Crippen LogP contribution in [0.3, 0.4) is 0 Å². The molecule has 0 aliphatic carbocycles. The van der Waals surface area contributed by atoms with Crippen LogP contribution in [-0.4, -0.2) is 68.5 Å². The fraction of sp³-hybridized carbons (Fsp3) is 0.261. The smallest absolute Gasteiger partial charge is 0.253 e. The lowest BCUT2D eigenvalue weighted by atomic mass is 10.1. The van der Waals surface area contributed by atoms with Crippen molar-refractivity contribution in [3.05, 3.63) is 72.6 Å². The number of methoxy groups -OCH3 is 2. The fourth-order valence-electron chi connectivity index (χ4n) is 3.72. The van der Waals surface area contributed by atoms with Gasteiger partial charge in [0.15, 0.2) is 11.5 Å². The molecule has 0 atom stereocenters. The van der Waals surface area contributed by atoms with Gasteiger partial charge in [0.2, 0.25) is 10.0 Å². The van der Waals surface area contributed by atoms with E-state index in [-0.39, 0.29) is 23.9 Å². The molecular formula is C23H25N3O5S. The summed E-state index contributed by atoms with van der Waals surface area (Å²) in [6.07, 6.45) is 3.88. The highest BCUT2D eigenvalue weighted by molar-refractivity contribution is 7.89. The number of amides is 1. The van der Waals surface area contributed by atoms with Crippen LogP contribution in [0, 0.1) is 0 Å². The van der Waals surface area contributed by atoms with Gasteiger partial charge in [0.25, 0.3) is 5.91 Å². The van der Waals surface area contributed by atoms with E-state index in [1.807, 2.05) is 41.2 Å². The van der Waals surface area contributed by atoms with Crippen LogP contribution < -0.4 is 9.47 Å². The van der Waals surface area contributed by atoms with E-state index in [9.17, 15) is 13.2 Å². The topological polar surface area (TPSA) is 81.1 Å². The van der Waals surface area contributed by atoms with Crippen LogP contribution in [-0.2, 0) is 10.0 Å². The Bertz CT molecular complexity index is 1180. The van der Waals surface area contributed by atoms with Crippen molar-refractivity contribution < 1.29 is 22.7 Å². The molecule has 3 aromatic rings. The van der Waals surface area contributed by atoms with Gasteiger partial charge in [0.05, 0.1) is 19.1 Å². The third kappa shape index (κ3) is 4.21. The monoisotopic (exact) mass is 455 g/mol. The van der Waals surface area contributed by atoms with Crippen molar-refractivity contribution >= 4 is 15.9 Å². The van der Waals surface area contributed by atoms with Gasteiger partial charge in [-0.2, -0.15) is 4.31 Å². The normalized spacial score (nSPS) is 14.9. The van der Waals surface area contributed by atoms with Crippen LogP contribution >= 0.6 is 0 Å². The van der Waals surface area contributed by atoms with Crippen LogP contribution in [0.5, 0.6) is 11.5 Å². The molecule has 1 aliphatic rings. The number of rotatable bonds is 6. The summed E-state index contributed by atoms with van der Waals surface area (Å²) in [5, 5.41) is 0. The van der Waals surface area contributed by atoms with Gasteiger partial charge in [-0.1, -0.05) is 0 Å². The second kappa shape index (κ2) is 9.05. The lowest BCUT2D eigenvalue weighted by Crippen LogP contribution is -2.50. The molecule has 9 heteroatoms. The summed E-state index contributed by atoms with van der Waals surface area (Å²) in [7, 11) is -0.749. The molecule has 4 rings (SSSR count). The lowest BCUT2D eigenvalue weighted by Gasteiger charge is -2.34. The molecule has 8 nitrogen and oxygen atoms in total. The predicted molar refractivity (Wildman–Crippen MR) is 120 cm³/mol. The van der Waals surface area contributed by atoms with Crippen LogP contribution in [0.25, 0.3) is 5.69 Å². The molecule has 0 unspecified atom stereocenters. The quantitative estimate of drug-likeness (QED) is 0.571. The molecule has 0 spiro atoms.